The van der Waals surface area contributed by atoms with E-state index in [1.54, 1.807) is 0 Å². The van der Waals surface area contributed by atoms with Crippen LogP contribution in [0.15, 0.2) is 36.4 Å². The third-order valence-electron chi connectivity index (χ3n) is 8.69. The van der Waals surface area contributed by atoms with Gasteiger partial charge in [-0.15, -0.1) is 0 Å². The lowest BCUT2D eigenvalue weighted by molar-refractivity contribution is 0.102. The fourth-order valence-electron chi connectivity index (χ4n) is 5.66. The molecule has 7 heteroatoms. The summed E-state index contributed by atoms with van der Waals surface area (Å²) in [5.41, 5.74) is 3.44. The quantitative estimate of drug-likeness (QED) is 0.416. The van der Waals surface area contributed by atoms with Gasteiger partial charge in [-0.1, -0.05) is 13.0 Å². The maximum Gasteiger partial charge on any atom is 0.258 e. The fourth-order valence-corrected chi connectivity index (χ4v) is 6.46. The molecule has 2 aromatic rings. The van der Waals surface area contributed by atoms with Gasteiger partial charge < -0.3 is 19.8 Å². The Bertz CT molecular complexity index is 1120. The van der Waals surface area contributed by atoms with Crippen molar-refractivity contribution in [1.29, 1.82) is 0 Å². The third-order valence-corrected chi connectivity index (χ3v) is 9.93. The Kier molecular flexibility index (Phi) is 6.30. The average Bonchev–Trinajstić information content (AvgIpc) is 3.82. The van der Waals surface area contributed by atoms with E-state index >= 15 is 0 Å². The minimum Gasteiger partial charge on any atom is -0.371 e. The van der Waals surface area contributed by atoms with Crippen LogP contribution in [0.4, 0.5) is 23.0 Å². The van der Waals surface area contributed by atoms with Gasteiger partial charge in [-0.3, -0.25) is 4.79 Å². The van der Waals surface area contributed by atoms with Crippen molar-refractivity contribution in [1.82, 2.24) is 4.98 Å². The van der Waals surface area contributed by atoms with Crippen molar-refractivity contribution in [2.24, 2.45) is 11.3 Å². The molecule has 1 aromatic heterocycles. The second kappa shape index (κ2) is 9.47. The molecule has 1 spiro atoms. The number of rotatable bonds is 7. The van der Waals surface area contributed by atoms with E-state index in [0.717, 1.165) is 48.9 Å². The standard InChI is InChI=1S/C29H39N5OS/c1-21-5-4-16-34(20-21)26-7-3-6-25(30-26)31-27(35)23-9-8-22(32-36-28(2)10-11-28)19-24(23)33-17-14-29(12-13-29)15-18-33/h3,6-9,19,21,32H,4-5,10-18,20H2,1-2H3,(H,30,31,35). The Labute approximate surface area is 219 Å². The van der Waals surface area contributed by atoms with E-state index in [0.29, 0.717) is 21.9 Å². The number of hydrogen-bond donors (Lipinski definition) is 2. The van der Waals surface area contributed by atoms with Crippen molar-refractivity contribution in [3.05, 3.63) is 42.0 Å². The highest BCUT2D eigenvalue weighted by Gasteiger charge is 2.44. The SMILES string of the molecule is CC1CCCN(c2cccc(NC(=O)c3ccc(NSC4(C)CC4)cc3N3CCC4(CC3)CC4)n2)C1. The molecule has 1 aromatic carbocycles. The first-order valence-electron chi connectivity index (χ1n) is 13.8. The molecule has 2 N–H and O–H groups in total. The van der Waals surface area contributed by atoms with Crippen LogP contribution in [-0.4, -0.2) is 41.8 Å². The number of nitrogens with zero attached hydrogens (tertiary/aromatic N) is 3. The van der Waals surface area contributed by atoms with E-state index in [1.165, 1.54) is 51.4 Å². The Balaban J connectivity index is 1.21. The molecule has 1 amide bonds. The smallest absolute Gasteiger partial charge is 0.258 e. The van der Waals surface area contributed by atoms with Crippen LogP contribution in [-0.2, 0) is 0 Å². The van der Waals surface area contributed by atoms with Crippen LogP contribution in [0.3, 0.4) is 0 Å². The number of pyridine rings is 1. The largest absolute Gasteiger partial charge is 0.371 e. The maximum atomic E-state index is 13.6. The molecule has 6 rings (SSSR count). The normalized spacial score (nSPS) is 23.9. The zero-order valence-corrected chi connectivity index (χ0v) is 22.5. The van der Waals surface area contributed by atoms with Crippen molar-refractivity contribution in [3.8, 4) is 0 Å². The number of benzene rings is 1. The Morgan fingerprint density at radius 2 is 1.83 bits per heavy atom. The van der Waals surface area contributed by atoms with Gasteiger partial charge in [0, 0.05) is 36.6 Å². The summed E-state index contributed by atoms with van der Waals surface area (Å²) in [6, 6.07) is 12.2. The highest BCUT2D eigenvalue weighted by molar-refractivity contribution is 8.02. The van der Waals surface area contributed by atoms with Gasteiger partial charge in [0.15, 0.2) is 0 Å². The van der Waals surface area contributed by atoms with Crippen LogP contribution in [0.5, 0.6) is 0 Å². The van der Waals surface area contributed by atoms with Crippen LogP contribution in [0.25, 0.3) is 0 Å². The third kappa shape index (κ3) is 5.31. The monoisotopic (exact) mass is 505 g/mol. The van der Waals surface area contributed by atoms with Crippen molar-refractivity contribution < 1.29 is 4.79 Å². The van der Waals surface area contributed by atoms with Crippen LogP contribution in [0.2, 0.25) is 0 Å². The number of carbonyl (C=O) groups excluding carboxylic acids is 1. The summed E-state index contributed by atoms with van der Waals surface area (Å²) in [4.78, 5) is 23.2. The van der Waals surface area contributed by atoms with Crippen molar-refractivity contribution in [2.75, 3.05) is 46.0 Å². The van der Waals surface area contributed by atoms with Gasteiger partial charge in [-0.25, -0.2) is 4.98 Å². The molecule has 2 saturated carbocycles. The molecule has 36 heavy (non-hydrogen) atoms. The highest BCUT2D eigenvalue weighted by atomic mass is 32.2. The zero-order chi connectivity index (χ0) is 24.8. The van der Waals surface area contributed by atoms with E-state index in [-0.39, 0.29) is 5.91 Å². The number of carbonyl (C=O) groups is 1. The van der Waals surface area contributed by atoms with Crippen molar-refractivity contribution >= 4 is 40.9 Å². The van der Waals surface area contributed by atoms with Crippen LogP contribution >= 0.6 is 11.9 Å². The Morgan fingerprint density at radius 3 is 2.56 bits per heavy atom. The number of aromatic nitrogens is 1. The summed E-state index contributed by atoms with van der Waals surface area (Å²) in [7, 11) is 0. The molecule has 0 bridgehead atoms. The fraction of sp³-hybridized carbons (Fsp3) is 0.586. The molecular formula is C29H39N5OS. The predicted octanol–water partition coefficient (Wildman–Crippen LogP) is 6.56. The zero-order valence-electron chi connectivity index (χ0n) is 21.7. The highest BCUT2D eigenvalue weighted by Crippen LogP contribution is 2.54. The van der Waals surface area contributed by atoms with Crippen LogP contribution in [0, 0.1) is 11.3 Å². The second-order valence-corrected chi connectivity index (χ2v) is 13.3. The number of anilines is 4. The van der Waals surface area contributed by atoms with Gasteiger partial charge in [0.05, 0.1) is 11.3 Å². The topological polar surface area (TPSA) is 60.5 Å². The summed E-state index contributed by atoms with van der Waals surface area (Å²) in [6.45, 7) is 8.70. The molecule has 4 fully saturated rings. The molecule has 3 heterocycles. The summed E-state index contributed by atoms with van der Waals surface area (Å²) in [6.07, 6.45) is 10.2. The first-order valence-corrected chi connectivity index (χ1v) is 14.6. The first kappa shape index (κ1) is 24.0. The number of piperidine rings is 2. The molecule has 1 unspecified atom stereocenters. The number of amides is 1. The van der Waals surface area contributed by atoms with Crippen molar-refractivity contribution in [2.45, 2.75) is 70.0 Å². The average molecular weight is 506 g/mol. The number of hydrogen-bond acceptors (Lipinski definition) is 6. The van der Waals surface area contributed by atoms with E-state index in [1.807, 2.05) is 36.2 Å². The van der Waals surface area contributed by atoms with Gasteiger partial charge in [0.1, 0.15) is 11.6 Å². The second-order valence-electron chi connectivity index (χ2n) is 11.9. The number of nitrogens with one attached hydrogen (secondary N) is 2. The van der Waals surface area contributed by atoms with E-state index in [4.69, 9.17) is 4.98 Å². The minimum atomic E-state index is -0.0817. The van der Waals surface area contributed by atoms with Gasteiger partial charge >= 0.3 is 0 Å². The summed E-state index contributed by atoms with van der Waals surface area (Å²) in [5, 5.41) is 3.11. The van der Waals surface area contributed by atoms with Gasteiger partial charge in [0.25, 0.3) is 5.91 Å². The van der Waals surface area contributed by atoms with Gasteiger partial charge in [-0.2, -0.15) is 0 Å². The van der Waals surface area contributed by atoms with Gasteiger partial charge in [0.2, 0.25) is 0 Å². The summed E-state index contributed by atoms with van der Waals surface area (Å²) < 4.78 is 3.91. The molecule has 2 aliphatic heterocycles. The van der Waals surface area contributed by atoms with Crippen molar-refractivity contribution in [3.63, 3.8) is 0 Å². The molecule has 2 aliphatic carbocycles. The lowest BCUT2D eigenvalue weighted by Gasteiger charge is -2.35. The van der Waals surface area contributed by atoms with E-state index < -0.39 is 0 Å². The molecule has 0 radical (unpaired) electrons. The van der Waals surface area contributed by atoms with Crippen LogP contribution < -0.4 is 19.8 Å². The molecule has 1 atom stereocenters. The van der Waals surface area contributed by atoms with Crippen LogP contribution in [0.1, 0.15) is 75.6 Å². The lowest BCUT2D eigenvalue weighted by Crippen LogP contribution is -2.36. The predicted molar refractivity (Wildman–Crippen MR) is 151 cm³/mol. The lowest BCUT2D eigenvalue weighted by atomic mass is 9.93. The molecule has 192 valence electrons. The Hall–Kier alpha value is -2.41. The molecule has 4 aliphatic rings. The maximum absolute atomic E-state index is 13.6. The first-order chi connectivity index (χ1) is 17.4. The summed E-state index contributed by atoms with van der Waals surface area (Å²) in [5.74, 6) is 2.17. The van der Waals surface area contributed by atoms with E-state index in [2.05, 4.69) is 45.8 Å². The van der Waals surface area contributed by atoms with E-state index in [9.17, 15) is 4.79 Å². The molecular weight excluding hydrogens is 466 g/mol. The molecule has 2 saturated heterocycles. The van der Waals surface area contributed by atoms with Gasteiger partial charge in [-0.05, 0) is 112 Å². The Morgan fingerprint density at radius 1 is 1.03 bits per heavy atom. The minimum absolute atomic E-state index is 0.0817. The molecule has 6 nitrogen and oxygen atoms in total. The summed E-state index contributed by atoms with van der Waals surface area (Å²) >= 11 is 1.81.